The minimum absolute atomic E-state index is 0.136. The molecule has 0 spiro atoms. The molecule has 0 saturated carbocycles. The van der Waals surface area contributed by atoms with Crippen molar-refractivity contribution in [1.82, 2.24) is 0 Å². The number of aliphatic hydroxyl groups is 1. The van der Waals surface area contributed by atoms with Crippen molar-refractivity contribution in [3.05, 3.63) is 60.2 Å². The quantitative estimate of drug-likeness (QED) is 0.553. The van der Waals surface area contributed by atoms with Gasteiger partial charge in [-0.1, -0.05) is 54.6 Å². The van der Waals surface area contributed by atoms with Gasteiger partial charge in [-0.3, -0.25) is 0 Å². The van der Waals surface area contributed by atoms with Gasteiger partial charge in [0.1, 0.15) is 0 Å². The van der Waals surface area contributed by atoms with Gasteiger partial charge >= 0.3 is 23.9 Å². The van der Waals surface area contributed by atoms with Crippen molar-refractivity contribution in [2.24, 2.45) is 0 Å². The summed E-state index contributed by atoms with van der Waals surface area (Å²) in [6, 6.07) is 12.9. The monoisotopic (exact) mass is 416 g/mol. The van der Waals surface area contributed by atoms with Crippen molar-refractivity contribution in [2.75, 3.05) is 0 Å². The van der Waals surface area contributed by atoms with E-state index in [1.807, 2.05) is 0 Å². The maximum Gasteiger partial charge on any atom is 0.460 e. The molecule has 154 valence electrons. The van der Waals surface area contributed by atoms with Crippen molar-refractivity contribution in [3.8, 4) is 11.1 Å². The van der Waals surface area contributed by atoms with Gasteiger partial charge in [0.15, 0.2) is 0 Å². The summed E-state index contributed by atoms with van der Waals surface area (Å²) in [6.45, 7) is 0. The molecule has 1 nitrogen and oxygen atoms in total. The SMILES string of the molecule is OC(CC(F)(F)C(F)(F)C(F)(F)C(F)(F)F)c1ccccc1-c1ccccc1. The Morgan fingerprint density at radius 3 is 1.71 bits per heavy atom. The number of aliphatic hydroxyl groups excluding tert-OH is 1. The summed E-state index contributed by atoms with van der Waals surface area (Å²) < 4.78 is 117. The standard InChI is InChI=1S/C18H13F9O/c19-15(20,16(21,22)17(23,24)18(25,26)27)10-14(28)13-9-5-4-8-12(13)11-6-2-1-3-7-11/h1-9,14,28H,10H2. The van der Waals surface area contributed by atoms with Crippen LogP contribution in [0.4, 0.5) is 39.5 Å². The molecule has 1 N–H and O–H groups in total. The van der Waals surface area contributed by atoms with Crippen LogP contribution in [0.25, 0.3) is 11.1 Å². The zero-order valence-corrected chi connectivity index (χ0v) is 13.8. The maximum atomic E-state index is 13.8. The first-order valence-corrected chi connectivity index (χ1v) is 7.75. The Balaban J connectivity index is 2.38. The van der Waals surface area contributed by atoms with E-state index in [1.165, 1.54) is 30.3 Å². The first kappa shape index (κ1) is 22.1. The van der Waals surface area contributed by atoms with Crippen LogP contribution in [0, 0.1) is 0 Å². The highest BCUT2D eigenvalue weighted by Crippen LogP contribution is 2.55. The van der Waals surface area contributed by atoms with Gasteiger partial charge < -0.3 is 5.11 Å². The molecule has 0 aliphatic carbocycles. The molecule has 0 aliphatic heterocycles. The highest BCUT2D eigenvalue weighted by Gasteiger charge is 2.81. The molecule has 1 unspecified atom stereocenters. The molecule has 1 atom stereocenters. The van der Waals surface area contributed by atoms with Gasteiger partial charge in [0.25, 0.3) is 0 Å². The Hall–Kier alpha value is -2.23. The second-order valence-electron chi connectivity index (χ2n) is 6.02. The maximum absolute atomic E-state index is 13.8. The lowest BCUT2D eigenvalue weighted by molar-refractivity contribution is -0.398. The van der Waals surface area contributed by atoms with Crippen LogP contribution in [0.5, 0.6) is 0 Å². The van der Waals surface area contributed by atoms with Gasteiger partial charge in [0.05, 0.1) is 6.10 Å². The fraction of sp³-hybridized carbons (Fsp3) is 0.333. The fourth-order valence-corrected chi connectivity index (χ4v) is 2.56. The number of alkyl halides is 9. The second kappa shape index (κ2) is 7.31. The second-order valence-corrected chi connectivity index (χ2v) is 6.02. The summed E-state index contributed by atoms with van der Waals surface area (Å²) in [5, 5.41) is 9.99. The van der Waals surface area contributed by atoms with E-state index >= 15 is 0 Å². The summed E-state index contributed by atoms with van der Waals surface area (Å²) in [5.74, 6) is -19.6. The molecule has 28 heavy (non-hydrogen) atoms. The van der Waals surface area contributed by atoms with Crippen LogP contribution >= 0.6 is 0 Å². The van der Waals surface area contributed by atoms with E-state index in [2.05, 4.69) is 0 Å². The first-order valence-electron chi connectivity index (χ1n) is 7.75. The predicted octanol–water partition coefficient (Wildman–Crippen LogP) is 6.25. The van der Waals surface area contributed by atoms with Crippen LogP contribution in [0.3, 0.4) is 0 Å². The third-order valence-corrected chi connectivity index (χ3v) is 4.06. The van der Waals surface area contributed by atoms with Crippen LogP contribution in [-0.4, -0.2) is 29.1 Å². The van der Waals surface area contributed by atoms with E-state index in [-0.39, 0.29) is 11.1 Å². The van der Waals surface area contributed by atoms with Crippen molar-refractivity contribution >= 4 is 0 Å². The smallest absolute Gasteiger partial charge is 0.388 e. The zero-order valence-electron chi connectivity index (χ0n) is 13.8. The Morgan fingerprint density at radius 1 is 0.679 bits per heavy atom. The molecular formula is C18H13F9O. The Labute approximate surface area is 153 Å². The van der Waals surface area contributed by atoms with E-state index < -0.39 is 36.5 Å². The molecule has 2 rings (SSSR count). The lowest BCUT2D eigenvalue weighted by atomic mass is 9.91. The molecule has 2 aromatic rings. The van der Waals surface area contributed by atoms with Crippen LogP contribution in [-0.2, 0) is 0 Å². The Kier molecular flexibility index (Phi) is 5.76. The Bertz CT molecular complexity index is 800. The predicted molar refractivity (Wildman–Crippen MR) is 82.4 cm³/mol. The van der Waals surface area contributed by atoms with E-state index in [0.29, 0.717) is 5.56 Å². The van der Waals surface area contributed by atoms with Gasteiger partial charge in [-0.2, -0.15) is 39.5 Å². The number of hydrogen-bond acceptors (Lipinski definition) is 1. The summed E-state index contributed by atoms with van der Waals surface area (Å²) in [4.78, 5) is 0. The molecule has 0 bridgehead atoms. The average molecular weight is 416 g/mol. The third-order valence-electron chi connectivity index (χ3n) is 4.06. The molecule has 0 aromatic heterocycles. The van der Waals surface area contributed by atoms with Gasteiger partial charge in [-0.25, -0.2) is 0 Å². The van der Waals surface area contributed by atoms with Crippen LogP contribution in [0.15, 0.2) is 54.6 Å². The van der Waals surface area contributed by atoms with Gasteiger partial charge in [-0.15, -0.1) is 0 Å². The summed E-state index contributed by atoms with van der Waals surface area (Å²) in [7, 11) is 0. The van der Waals surface area contributed by atoms with E-state index in [1.54, 1.807) is 18.2 Å². The van der Waals surface area contributed by atoms with Crippen LogP contribution in [0.1, 0.15) is 18.1 Å². The highest BCUT2D eigenvalue weighted by molar-refractivity contribution is 5.67. The van der Waals surface area contributed by atoms with Crippen molar-refractivity contribution in [3.63, 3.8) is 0 Å². The van der Waals surface area contributed by atoms with E-state index in [4.69, 9.17) is 0 Å². The number of rotatable bonds is 6. The molecule has 0 saturated heterocycles. The van der Waals surface area contributed by atoms with E-state index in [0.717, 1.165) is 6.07 Å². The first-order chi connectivity index (χ1) is 12.7. The highest BCUT2D eigenvalue weighted by atomic mass is 19.4. The molecular weight excluding hydrogens is 403 g/mol. The minimum Gasteiger partial charge on any atom is -0.388 e. The number of benzene rings is 2. The van der Waals surface area contributed by atoms with Crippen LogP contribution < -0.4 is 0 Å². The van der Waals surface area contributed by atoms with E-state index in [9.17, 15) is 44.6 Å². The third kappa shape index (κ3) is 3.82. The molecule has 0 heterocycles. The molecule has 10 heteroatoms. The van der Waals surface area contributed by atoms with Gasteiger partial charge in [-0.05, 0) is 16.7 Å². The molecule has 0 aliphatic rings. The van der Waals surface area contributed by atoms with Gasteiger partial charge in [0, 0.05) is 6.42 Å². The summed E-state index contributed by atoms with van der Waals surface area (Å²) >= 11 is 0. The minimum atomic E-state index is -6.98. The number of hydrogen-bond donors (Lipinski definition) is 1. The summed E-state index contributed by atoms with van der Waals surface area (Å²) in [6.07, 6.45) is -11.7. The van der Waals surface area contributed by atoms with Crippen molar-refractivity contribution in [2.45, 2.75) is 36.5 Å². The van der Waals surface area contributed by atoms with Crippen LogP contribution in [0.2, 0.25) is 0 Å². The zero-order chi connectivity index (χ0) is 21.4. The normalized spacial score (nSPS) is 14.8. The van der Waals surface area contributed by atoms with Crippen molar-refractivity contribution < 1.29 is 44.6 Å². The fourth-order valence-electron chi connectivity index (χ4n) is 2.56. The number of halogens is 9. The molecule has 0 radical (unpaired) electrons. The Morgan fingerprint density at radius 2 is 1.18 bits per heavy atom. The van der Waals surface area contributed by atoms with Gasteiger partial charge in [0.2, 0.25) is 0 Å². The largest absolute Gasteiger partial charge is 0.460 e. The average Bonchev–Trinajstić information content (AvgIpc) is 2.60. The molecule has 2 aromatic carbocycles. The topological polar surface area (TPSA) is 20.2 Å². The lowest BCUT2D eigenvalue weighted by Gasteiger charge is -2.34. The summed E-state index contributed by atoms with van der Waals surface area (Å²) in [5.41, 5.74) is 0.213. The lowest BCUT2D eigenvalue weighted by Crippen LogP contribution is -2.61. The van der Waals surface area contributed by atoms with Crippen molar-refractivity contribution in [1.29, 1.82) is 0 Å². The molecule has 0 fully saturated rings. The molecule has 0 amide bonds.